The molecule has 0 atom stereocenters. The van der Waals surface area contributed by atoms with Crippen molar-refractivity contribution in [3.8, 4) is 0 Å². The minimum Gasteiger partial charge on any atom is -0.289 e. The molecule has 0 heterocycles. The molecule has 0 fully saturated rings. The van der Waals surface area contributed by atoms with Gasteiger partial charge in [-0.1, -0.05) is 36.4 Å². The van der Waals surface area contributed by atoms with Gasteiger partial charge in [0.1, 0.15) is 0 Å². The van der Waals surface area contributed by atoms with E-state index in [4.69, 9.17) is 0 Å². The van der Waals surface area contributed by atoms with Crippen molar-refractivity contribution in [1.82, 2.24) is 0 Å². The Bertz CT molecular complexity index is 655. The second-order valence-corrected chi connectivity index (χ2v) is 3.45. The van der Waals surface area contributed by atoms with Gasteiger partial charge < -0.3 is 0 Å². The average molecular weight is 180 g/mol. The molecule has 0 aromatic heterocycles. The molecule has 3 aromatic rings. The normalized spacial score (nSPS) is 11.1. The Labute approximate surface area is 80.9 Å². The Morgan fingerprint density at radius 1 is 0.714 bits per heavy atom. The van der Waals surface area contributed by atoms with Gasteiger partial charge >= 0.3 is 0 Å². The Balaban J connectivity index is 2.80. The van der Waals surface area contributed by atoms with Crippen LogP contribution in [0, 0.1) is 0 Å². The van der Waals surface area contributed by atoms with E-state index >= 15 is 0 Å². The van der Waals surface area contributed by atoms with Crippen LogP contribution in [0.25, 0.3) is 21.5 Å². The van der Waals surface area contributed by atoms with Gasteiger partial charge in [-0.3, -0.25) is 4.79 Å². The van der Waals surface area contributed by atoms with Crippen molar-refractivity contribution in [2.24, 2.45) is 0 Å². The van der Waals surface area contributed by atoms with E-state index < -0.39 is 0 Å². The van der Waals surface area contributed by atoms with E-state index in [1.807, 2.05) is 42.5 Å². The van der Waals surface area contributed by atoms with Crippen molar-refractivity contribution in [2.45, 2.75) is 0 Å². The topological polar surface area (TPSA) is 17.1 Å². The van der Waals surface area contributed by atoms with Crippen LogP contribution in [0.15, 0.2) is 53.3 Å². The summed E-state index contributed by atoms with van der Waals surface area (Å²) in [6.07, 6.45) is 0. The zero-order chi connectivity index (χ0) is 9.54. The molecule has 1 nitrogen and oxygen atoms in total. The zero-order valence-corrected chi connectivity index (χ0v) is 7.53. The predicted octanol–water partition coefficient (Wildman–Crippen LogP) is 2.79. The van der Waals surface area contributed by atoms with Crippen molar-refractivity contribution < 1.29 is 0 Å². The molecule has 0 aliphatic carbocycles. The summed E-state index contributed by atoms with van der Waals surface area (Å²) in [7, 11) is 0. The lowest BCUT2D eigenvalue weighted by atomic mass is 10.1. The van der Waals surface area contributed by atoms with E-state index in [1.54, 1.807) is 6.07 Å². The minimum atomic E-state index is 0.110. The molecule has 0 radical (unpaired) electrons. The summed E-state index contributed by atoms with van der Waals surface area (Å²) >= 11 is 0. The van der Waals surface area contributed by atoms with Crippen LogP contribution >= 0.6 is 0 Å². The van der Waals surface area contributed by atoms with Crippen LogP contribution in [0.1, 0.15) is 0 Å². The van der Waals surface area contributed by atoms with Crippen LogP contribution in [-0.4, -0.2) is 0 Å². The monoisotopic (exact) mass is 180 g/mol. The molecule has 66 valence electrons. The fraction of sp³-hybridized carbons (Fsp3) is 0. The number of hydrogen-bond donors (Lipinski definition) is 0. The molecule has 3 rings (SSSR count). The minimum absolute atomic E-state index is 0.110. The fourth-order valence-corrected chi connectivity index (χ4v) is 1.96. The van der Waals surface area contributed by atoms with Crippen molar-refractivity contribution in [3.63, 3.8) is 0 Å². The first-order chi connectivity index (χ1) is 6.86. The molecule has 0 spiro atoms. The van der Waals surface area contributed by atoms with Gasteiger partial charge in [-0.2, -0.15) is 0 Å². The quantitative estimate of drug-likeness (QED) is 0.520. The largest absolute Gasteiger partial charge is 0.289 e. The second-order valence-electron chi connectivity index (χ2n) is 3.45. The molecule has 0 unspecified atom stereocenters. The first kappa shape index (κ1) is 7.51. The van der Waals surface area contributed by atoms with E-state index in [2.05, 4.69) is 0 Å². The highest BCUT2D eigenvalue weighted by Gasteiger charge is 2.03. The molecule has 0 amide bonds. The molecule has 0 aliphatic rings. The SMILES string of the molecule is O=c1ccc2ccccc3ccc1c23. The van der Waals surface area contributed by atoms with Crippen LogP contribution in [0.5, 0.6) is 0 Å². The molecule has 0 N–H and O–H groups in total. The van der Waals surface area contributed by atoms with Crippen LogP contribution in [0.3, 0.4) is 0 Å². The predicted molar refractivity (Wildman–Crippen MR) is 58.9 cm³/mol. The van der Waals surface area contributed by atoms with Crippen LogP contribution in [0.4, 0.5) is 0 Å². The van der Waals surface area contributed by atoms with Gasteiger partial charge in [0.05, 0.1) is 0 Å². The van der Waals surface area contributed by atoms with Gasteiger partial charge in [0, 0.05) is 10.8 Å². The van der Waals surface area contributed by atoms with Crippen LogP contribution < -0.4 is 5.43 Å². The van der Waals surface area contributed by atoms with Gasteiger partial charge in [0.2, 0.25) is 0 Å². The lowest BCUT2D eigenvalue weighted by molar-refractivity contribution is 1.73. The van der Waals surface area contributed by atoms with Crippen molar-refractivity contribution in [2.75, 3.05) is 0 Å². The second kappa shape index (κ2) is 2.55. The lowest BCUT2D eigenvalue weighted by Crippen LogP contribution is -1.95. The summed E-state index contributed by atoms with van der Waals surface area (Å²) in [5.74, 6) is 0. The standard InChI is InChI=1S/C13H8O/c14-12-8-6-10-4-2-1-3-9-5-7-11(12)13(9)10/h1-8H. The summed E-state index contributed by atoms with van der Waals surface area (Å²) in [5.41, 5.74) is 0.110. The Morgan fingerprint density at radius 3 is 2.07 bits per heavy atom. The average Bonchev–Trinajstić information content (AvgIpc) is 2.51. The van der Waals surface area contributed by atoms with Gasteiger partial charge in [0.15, 0.2) is 5.43 Å². The maximum atomic E-state index is 11.5. The van der Waals surface area contributed by atoms with Gasteiger partial charge in [-0.25, -0.2) is 0 Å². The summed E-state index contributed by atoms with van der Waals surface area (Å²) in [4.78, 5) is 11.5. The van der Waals surface area contributed by atoms with Crippen molar-refractivity contribution in [3.05, 3.63) is 58.8 Å². The molecule has 3 aromatic carbocycles. The van der Waals surface area contributed by atoms with E-state index in [9.17, 15) is 4.79 Å². The van der Waals surface area contributed by atoms with Gasteiger partial charge in [0.25, 0.3) is 0 Å². The molecule has 0 aliphatic heterocycles. The van der Waals surface area contributed by atoms with E-state index in [0.717, 1.165) is 21.5 Å². The molecular weight excluding hydrogens is 172 g/mol. The number of hydrogen-bond acceptors (Lipinski definition) is 1. The third kappa shape index (κ3) is 0.867. The first-order valence-corrected chi connectivity index (χ1v) is 4.60. The van der Waals surface area contributed by atoms with E-state index in [0.29, 0.717) is 0 Å². The van der Waals surface area contributed by atoms with Crippen LogP contribution in [0.2, 0.25) is 0 Å². The van der Waals surface area contributed by atoms with E-state index in [-0.39, 0.29) is 5.43 Å². The highest BCUT2D eigenvalue weighted by atomic mass is 16.1. The summed E-state index contributed by atoms with van der Waals surface area (Å²) in [6, 6.07) is 15.5. The molecular formula is C13H8O. The summed E-state index contributed by atoms with van der Waals surface area (Å²) in [5, 5.41) is 4.18. The first-order valence-electron chi connectivity index (χ1n) is 4.60. The van der Waals surface area contributed by atoms with Crippen LogP contribution in [-0.2, 0) is 0 Å². The molecule has 0 bridgehead atoms. The zero-order valence-electron chi connectivity index (χ0n) is 7.53. The van der Waals surface area contributed by atoms with Gasteiger partial charge in [-0.15, -0.1) is 0 Å². The molecule has 14 heavy (non-hydrogen) atoms. The highest BCUT2D eigenvalue weighted by Crippen LogP contribution is 2.24. The Morgan fingerprint density at radius 2 is 1.36 bits per heavy atom. The fourth-order valence-electron chi connectivity index (χ4n) is 1.96. The van der Waals surface area contributed by atoms with E-state index in [1.165, 1.54) is 0 Å². The maximum absolute atomic E-state index is 11.5. The third-order valence-electron chi connectivity index (χ3n) is 2.62. The molecule has 1 heteroatoms. The Kier molecular flexibility index (Phi) is 1.37. The van der Waals surface area contributed by atoms with Gasteiger partial charge in [-0.05, 0) is 22.9 Å². The molecule has 0 saturated carbocycles. The molecule has 0 saturated heterocycles. The van der Waals surface area contributed by atoms with Crippen molar-refractivity contribution >= 4 is 21.5 Å². The number of rotatable bonds is 0. The third-order valence-corrected chi connectivity index (χ3v) is 2.62. The number of benzene rings is 1. The summed E-state index contributed by atoms with van der Waals surface area (Å²) < 4.78 is 0. The Hall–Kier alpha value is -1.89. The van der Waals surface area contributed by atoms with Crippen molar-refractivity contribution in [1.29, 1.82) is 0 Å². The lowest BCUT2D eigenvalue weighted by Gasteiger charge is -1.91. The summed E-state index contributed by atoms with van der Waals surface area (Å²) in [6.45, 7) is 0. The highest BCUT2D eigenvalue weighted by molar-refractivity contribution is 6.10. The smallest absolute Gasteiger partial charge is 0.186 e. The maximum Gasteiger partial charge on any atom is 0.186 e.